The van der Waals surface area contributed by atoms with Crippen molar-refractivity contribution in [2.24, 2.45) is 11.8 Å². The van der Waals surface area contributed by atoms with Crippen molar-refractivity contribution in [3.8, 4) is 0 Å². The second-order valence-corrected chi connectivity index (χ2v) is 11.4. The molecule has 35 heavy (non-hydrogen) atoms. The van der Waals surface area contributed by atoms with Gasteiger partial charge in [-0.3, -0.25) is 14.4 Å². The van der Waals surface area contributed by atoms with Crippen LogP contribution < -0.4 is 10.6 Å². The van der Waals surface area contributed by atoms with E-state index in [0.29, 0.717) is 23.6 Å². The number of nitrogens with zero attached hydrogens (tertiary/aromatic N) is 1. The Morgan fingerprint density at radius 1 is 1.17 bits per heavy atom. The highest BCUT2D eigenvalue weighted by molar-refractivity contribution is 8.02. The third-order valence-electron chi connectivity index (χ3n) is 7.59. The number of thioether (sulfide) groups is 1. The van der Waals surface area contributed by atoms with Crippen LogP contribution in [0, 0.1) is 11.8 Å². The second kappa shape index (κ2) is 9.48. The predicted molar refractivity (Wildman–Crippen MR) is 136 cm³/mol. The zero-order valence-electron chi connectivity index (χ0n) is 19.3. The molecule has 3 fully saturated rings. The number of hydrogen-bond donors (Lipinski definition) is 3. The summed E-state index contributed by atoms with van der Waals surface area (Å²) >= 11 is 7.91. The quantitative estimate of drug-likeness (QED) is 0.529. The Morgan fingerprint density at radius 2 is 1.89 bits per heavy atom. The normalized spacial score (nSPS) is 29.7. The summed E-state index contributed by atoms with van der Waals surface area (Å²) in [6.07, 6.45) is 1.83. The molecule has 0 aromatic heterocycles. The first-order valence-corrected chi connectivity index (χ1v) is 13.1. The molecule has 3 N–H and O–H groups in total. The van der Waals surface area contributed by atoms with Crippen LogP contribution in [0.2, 0.25) is 5.02 Å². The Morgan fingerprint density at radius 3 is 2.57 bits per heavy atom. The molecule has 2 bridgehead atoms. The summed E-state index contributed by atoms with van der Waals surface area (Å²) in [5.74, 6) is -1.85. The van der Waals surface area contributed by atoms with E-state index in [4.69, 9.17) is 11.6 Å². The van der Waals surface area contributed by atoms with Gasteiger partial charge in [0.05, 0.1) is 39.9 Å². The van der Waals surface area contributed by atoms with E-state index in [1.165, 1.54) is 0 Å². The third-order valence-corrected chi connectivity index (χ3v) is 9.87. The molecule has 3 heterocycles. The minimum atomic E-state index is -0.832. The van der Waals surface area contributed by atoms with E-state index in [1.807, 2.05) is 30.3 Å². The van der Waals surface area contributed by atoms with Gasteiger partial charge in [-0.2, -0.15) is 0 Å². The summed E-state index contributed by atoms with van der Waals surface area (Å²) in [5, 5.41) is 16.5. The zero-order chi connectivity index (χ0) is 24.7. The van der Waals surface area contributed by atoms with Crippen molar-refractivity contribution in [1.82, 2.24) is 10.2 Å². The van der Waals surface area contributed by atoms with Gasteiger partial charge < -0.3 is 20.6 Å². The zero-order valence-corrected chi connectivity index (χ0v) is 20.9. The molecule has 2 unspecified atom stereocenters. The largest absolute Gasteiger partial charge is 0.394 e. The van der Waals surface area contributed by atoms with Gasteiger partial charge in [0.2, 0.25) is 17.7 Å². The average Bonchev–Trinajstić information content (AvgIpc) is 3.51. The number of aliphatic hydroxyl groups excluding tert-OH is 1. The number of anilines is 1. The fourth-order valence-corrected chi connectivity index (χ4v) is 8.54. The summed E-state index contributed by atoms with van der Waals surface area (Å²) in [6.45, 7) is -0.294. The molecule has 0 saturated carbocycles. The Bertz CT molecular complexity index is 1150. The van der Waals surface area contributed by atoms with E-state index in [0.717, 1.165) is 12.0 Å². The first-order valence-electron chi connectivity index (χ1n) is 11.8. The van der Waals surface area contributed by atoms with Crippen LogP contribution in [0.15, 0.2) is 54.6 Å². The number of fused-ring (bicyclic) bond motifs is 1. The fourth-order valence-electron chi connectivity index (χ4n) is 6.15. The van der Waals surface area contributed by atoms with Crippen molar-refractivity contribution in [1.29, 1.82) is 0 Å². The van der Waals surface area contributed by atoms with E-state index in [1.54, 1.807) is 48.0 Å². The highest BCUT2D eigenvalue weighted by atomic mass is 35.5. The summed E-state index contributed by atoms with van der Waals surface area (Å²) in [6, 6.07) is 15.1. The van der Waals surface area contributed by atoms with Gasteiger partial charge in [0.15, 0.2) is 0 Å². The molecule has 6 atom stereocenters. The van der Waals surface area contributed by atoms with Gasteiger partial charge >= 0.3 is 0 Å². The highest BCUT2D eigenvalue weighted by Crippen LogP contribution is 2.66. The molecule has 7 nitrogen and oxygen atoms in total. The number of amides is 3. The van der Waals surface area contributed by atoms with Gasteiger partial charge in [-0.15, -0.1) is 11.8 Å². The number of carbonyl (C=O) groups excluding carboxylic acids is 3. The lowest BCUT2D eigenvalue weighted by Crippen LogP contribution is -2.55. The van der Waals surface area contributed by atoms with E-state index in [-0.39, 0.29) is 29.6 Å². The van der Waals surface area contributed by atoms with E-state index in [2.05, 4.69) is 10.6 Å². The maximum absolute atomic E-state index is 14.0. The lowest BCUT2D eigenvalue weighted by Gasteiger charge is -2.37. The summed E-state index contributed by atoms with van der Waals surface area (Å²) < 4.78 is -0.728. The van der Waals surface area contributed by atoms with Gasteiger partial charge in [0, 0.05) is 12.3 Å². The number of likely N-dealkylation sites (tertiary alicyclic amines) is 1. The molecule has 5 rings (SSSR count). The Kier molecular flexibility index (Phi) is 6.55. The second-order valence-electron chi connectivity index (χ2n) is 9.41. The highest BCUT2D eigenvalue weighted by Gasteiger charge is 2.74. The van der Waals surface area contributed by atoms with E-state index < -0.39 is 28.7 Å². The molecule has 0 radical (unpaired) electrons. The van der Waals surface area contributed by atoms with Crippen LogP contribution in [0.25, 0.3) is 0 Å². The van der Waals surface area contributed by atoms with Gasteiger partial charge in [0.1, 0.15) is 6.04 Å². The van der Waals surface area contributed by atoms with Gasteiger partial charge in [-0.25, -0.2) is 0 Å². The lowest BCUT2D eigenvalue weighted by atomic mass is 9.70. The number of rotatable bonds is 7. The summed E-state index contributed by atoms with van der Waals surface area (Å²) in [4.78, 5) is 42.4. The maximum atomic E-state index is 14.0. The molecule has 2 aromatic rings. The van der Waals surface area contributed by atoms with Crippen molar-refractivity contribution in [2.75, 3.05) is 19.0 Å². The minimum Gasteiger partial charge on any atom is -0.394 e. The number of aliphatic hydroxyl groups is 1. The van der Waals surface area contributed by atoms with Crippen LogP contribution in [-0.2, 0) is 20.8 Å². The molecule has 3 aliphatic heterocycles. The molecule has 9 heteroatoms. The SMILES string of the molecule is CNC(=O)[C@@H]1[C@H]2C(=O)N([C@@H](CO)Cc3ccccc3)C(C(=O)Nc3ccccc3Cl)C23CC[C@H]1S3. The third kappa shape index (κ3) is 3.92. The monoisotopic (exact) mass is 513 g/mol. The van der Waals surface area contributed by atoms with Crippen molar-refractivity contribution >= 4 is 46.8 Å². The van der Waals surface area contributed by atoms with Crippen molar-refractivity contribution in [2.45, 2.75) is 41.3 Å². The molecule has 2 aromatic carbocycles. The summed E-state index contributed by atoms with van der Waals surface area (Å²) in [5.41, 5.74) is 1.43. The minimum absolute atomic E-state index is 0.0108. The van der Waals surface area contributed by atoms with Gasteiger partial charge in [0.25, 0.3) is 0 Å². The Hall–Kier alpha value is -2.55. The molecule has 3 amide bonds. The number of carbonyl (C=O) groups is 3. The maximum Gasteiger partial charge on any atom is 0.248 e. The molecular weight excluding hydrogens is 486 g/mol. The molecule has 184 valence electrons. The standard InChI is InChI=1S/C26H28ClN3O4S/c1-28-23(32)20-19-11-12-26(35-19)21(20)25(34)30(16(14-31)13-15-7-3-2-4-8-15)22(26)24(33)29-18-10-6-5-9-17(18)27/h2-10,16,19-22,31H,11-14H2,1H3,(H,28,32)(H,29,33)/t16-,19-,20+,21+,22?,26?/m1/s1. The van der Waals surface area contributed by atoms with Crippen LogP contribution in [0.1, 0.15) is 18.4 Å². The first kappa shape index (κ1) is 24.2. The Balaban J connectivity index is 1.56. The van der Waals surface area contributed by atoms with Crippen LogP contribution >= 0.6 is 23.4 Å². The smallest absolute Gasteiger partial charge is 0.248 e. The van der Waals surface area contributed by atoms with E-state index in [9.17, 15) is 19.5 Å². The van der Waals surface area contributed by atoms with Crippen LogP contribution in [0.5, 0.6) is 0 Å². The molecular formula is C26H28ClN3O4S. The van der Waals surface area contributed by atoms with Gasteiger partial charge in [-0.05, 0) is 37.0 Å². The molecule has 0 aliphatic carbocycles. The number of para-hydroxylation sites is 1. The van der Waals surface area contributed by atoms with Crippen molar-refractivity contribution in [3.63, 3.8) is 0 Å². The number of benzene rings is 2. The summed E-state index contributed by atoms with van der Waals surface area (Å²) in [7, 11) is 1.58. The number of hydrogen-bond acceptors (Lipinski definition) is 5. The van der Waals surface area contributed by atoms with Crippen LogP contribution in [0.3, 0.4) is 0 Å². The molecule has 3 saturated heterocycles. The lowest BCUT2D eigenvalue weighted by molar-refractivity contribution is -0.141. The first-order chi connectivity index (χ1) is 16.9. The fraction of sp³-hybridized carbons (Fsp3) is 0.423. The van der Waals surface area contributed by atoms with Crippen LogP contribution in [-0.4, -0.2) is 63.5 Å². The Labute approximate surface area is 213 Å². The van der Waals surface area contributed by atoms with E-state index >= 15 is 0 Å². The molecule has 1 spiro atoms. The predicted octanol–water partition coefficient (Wildman–Crippen LogP) is 2.72. The number of nitrogens with one attached hydrogen (secondary N) is 2. The number of halogens is 1. The topological polar surface area (TPSA) is 98.7 Å². The van der Waals surface area contributed by atoms with Crippen LogP contribution in [0.4, 0.5) is 5.69 Å². The van der Waals surface area contributed by atoms with Crippen molar-refractivity contribution < 1.29 is 19.5 Å². The van der Waals surface area contributed by atoms with Crippen molar-refractivity contribution in [3.05, 3.63) is 65.2 Å². The average molecular weight is 514 g/mol. The molecule has 3 aliphatic rings. The van der Waals surface area contributed by atoms with Gasteiger partial charge in [-0.1, -0.05) is 54.1 Å².